The summed E-state index contributed by atoms with van der Waals surface area (Å²) >= 11 is 0. The van der Waals surface area contributed by atoms with E-state index in [0.717, 1.165) is 0 Å². The fraction of sp³-hybridized carbons (Fsp3) is 0.267. The molecule has 21 heavy (non-hydrogen) atoms. The summed E-state index contributed by atoms with van der Waals surface area (Å²) < 4.78 is 1.73. The van der Waals surface area contributed by atoms with Crippen LogP contribution in [0, 0.1) is 0 Å². The predicted molar refractivity (Wildman–Crippen MR) is 81.3 cm³/mol. The first-order valence-corrected chi connectivity index (χ1v) is 6.70. The van der Waals surface area contributed by atoms with Crippen LogP contribution in [0.25, 0.3) is 0 Å². The van der Waals surface area contributed by atoms with Crippen molar-refractivity contribution in [3.63, 3.8) is 0 Å². The van der Waals surface area contributed by atoms with E-state index in [1.807, 2.05) is 13.8 Å². The predicted octanol–water partition coefficient (Wildman–Crippen LogP) is 2.67. The Labute approximate surface area is 123 Å². The average molecular weight is 286 g/mol. The Balaban J connectivity index is 2.16. The first-order chi connectivity index (χ1) is 9.97. The number of carbonyl (C=O) groups excluding carboxylic acids is 2. The summed E-state index contributed by atoms with van der Waals surface area (Å²) in [5.74, 6) is 0.218. The first kappa shape index (κ1) is 14.8. The highest BCUT2D eigenvalue weighted by atomic mass is 16.2. The molecular formula is C15H18N4O2. The highest BCUT2D eigenvalue weighted by Gasteiger charge is 2.11. The molecule has 110 valence electrons. The summed E-state index contributed by atoms with van der Waals surface area (Å²) in [5.41, 5.74) is 1.06. The number of carbonyl (C=O) groups is 2. The maximum atomic E-state index is 12.3. The topological polar surface area (TPSA) is 76.0 Å². The van der Waals surface area contributed by atoms with Crippen molar-refractivity contribution in [2.45, 2.75) is 26.8 Å². The molecule has 6 heteroatoms. The minimum absolute atomic E-state index is 0.154. The normalized spacial score (nSPS) is 10.5. The Bertz CT molecular complexity index is 661. The zero-order valence-corrected chi connectivity index (χ0v) is 12.3. The Morgan fingerprint density at radius 3 is 2.62 bits per heavy atom. The van der Waals surface area contributed by atoms with Gasteiger partial charge in [0.05, 0.1) is 6.20 Å². The molecule has 2 aromatic rings. The largest absolute Gasteiger partial charge is 0.326 e. The summed E-state index contributed by atoms with van der Waals surface area (Å²) in [6.07, 6.45) is 1.64. The number of anilines is 2. The molecule has 6 nitrogen and oxygen atoms in total. The van der Waals surface area contributed by atoms with E-state index < -0.39 is 0 Å². The molecule has 0 unspecified atom stereocenters. The molecule has 0 spiro atoms. The van der Waals surface area contributed by atoms with E-state index in [1.165, 1.54) is 6.92 Å². The van der Waals surface area contributed by atoms with Gasteiger partial charge in [-0.1, -0.05) is 6.07 Å². The van der Waals surface area contributed by atoms with Crippen molar-refractivity contribution in [3.8, 4) is 0 Å². The standard InChI is InChI=1S/C15H18N4O2/c1-10(2)19-14(7-8-16-19)18-15(21)12-5-4-6-13(9-12)17-11(3)20/h4-10H,1-3H3,(H,17,20)(H,18,21). The van der Waals surface area contributed by atoms with Gasteiger partial charge in [0.15, 0.2) is 0 Å². The van der Waals surface area contributed by atoms with E-state index >= 15 is 0 Å². The lowest BCUT2D eigenvalue weighted by molar-refractivity contribution is -0.114. The monoisotopic (exact) mass is 286 g/mol. The fourth-order valence-electron chi connectivity index (χ4n) is 1.95. The molecule has 0 radical (unpaired) electrons. The summed E-state index contributed by atoms with van der Waals surface area (Å²) in [7, 11) is 0. The highest BCUT2D eigenvalue weighted by Crippen LogP contribution is 2.16. The van der Waals surface area contributed by atoms with Crippen LogP contribution in [0.1, 0.15) is 37.2 Å². The lowest BCUT2D eigenvalue weighted by atomic mass is 10.2. The number of benzene rings is 1. The van der Waals surface area contributed by atoms with E-state index in [2.05, 4.69) is 15.7 Å². The molecule has 0 bridgehead atoms. The van der Waals surface area contributed by atoms with Gasteiger partial charge in [0.25, 0.3) is 5.91 Å². The van der Waals surface area contributed by atoms with Crippen LogP contribution in [0.4, 0.5) is 11.5 Å². The maximum Gasteiger partial charge on any atom is 0.256 e. The lowest BCUT2D eigenvalue weighted by Gasteiger charge is -2.12. The van der Waals surface area contributed by atoms with Gasteiger partial charge in [0.1, 0.15) is 5.82 Å². The van der Waals surface area contributed by atoms with E-state index in [0.29, 0.717) is 17.1 Å². The molecule has 0 fully saturated rings. The van der Waals surface area contributed by atoms with Crippen LogP contribution in [-0.4, -0.2) is 21.6 Å². The number of nitrogens with one attached hydrogen (secondary N) is 2. The minimum Gasteiger partial charge on any atom is -0.326 e. The van der Waals surface area contributed by atoms with Crippen molar-refractivity contribution in [2.75, 3.05) is 10.6 Å². The van der Waals surface area contributed by atoms with Crippen molar-refractivity contribution < 1.29 is 9.59 Å². The number of hydrogen-bond acceptors (Lipinski definition) is 3. The molecule has 1 heterocycles. The van der Waals surface area contributed by atoms with Gasteiger partial charge >= 0.3 is 0 Å². The van der Waals surface area contributed by atoms with E-state index in [9.17, 15) is 9.59 Å². The molecule has 0 aliphatic rings. The smallest absolute Gasteiger partial charge is 0.256 e. The van der Waals surface area contributed by atoms with Crippen molar-refractivity contribution in [2.24, 2.45) is 0 Å². The number of nitrogens with zero attached hydrogens (tertiary/aromatic N) is 2. The summed E-state index contributed by atoms with van der Waals surface area (Å²) in [4.78, 5) is 23.3. The van der Waals surface area contributed by atoms with Gasteiger partial charge in [0.2, 0.25) is 5.91 Å². The van der Waals surface area contributed by atoms with Crippen LogP contribution in [0.3, 0.4) is 0 Å². The second-order valence-corrected chi connectivity index (χ2v) is 4.97. The van der Waals surface area contributed by atoms with E-state index in [-0.39, 0.29) is 17.9 Å². The molecule has 1 aromatic heterocycles. The van der Waals surface area contributed by atoms with Crippen molar-refractivity contribution in [1.29, 1.82) is 0 Å². The van der Waals surface area contributed by atoms with Crippen molar-refractivity contribution >= 4 is 23.3 Å². The number of aromatic nitrogens is 2. The number of hydrogen-bond donors (Lipinski definition) is 2. The van der Waals surface area contributed by atoms with E-state index in [1.54, 1.807) is 41.2 Å². The SMILES string of the molecule is CC(=O)Nc1cccc(C(=O)Nc2ccnn2C(C)C)c1. The Morgan fingerprint density at radius 2 is 1.95 bits per heavy atom. The summed E-state index contributed by atoms with van der Waals surface area (Å²) in [6.45, 7) is 5.40. The zero-order valence-electron chi connectivity index (χ0n) is 12.3. The van der Waals surface area contributed by atoms with Crippen molar-refractivity contribution in [3.05, 3.63) is 42.1 Å². The zero-order chi connectivity index (χ0) is 15.4. The lowest BCUT2D eigenvalue weighted by Crippen LogP contribution is -2.17. The Morgan fingerprint density at radius 1 is 1.19 bits per heavy atom. The third-order valence-corrected chi connectivity index (χ3v) is 2.85. The van der Waals surface area contributed by atoms with Gasteiger partial charge in [-0.05, 0) is 32.0 Å². The summed E-state index contributed by atoms with van der Waals surface area (Å²) in [5, 5.41) is 9.63. The van der Waals surface area contributed by atoms with Crippen molar-refractivity contribution in [1.82, 2.24) is 9.78 Å². The van der Waals surface area contributed by atoms with Crippen LogP contribution in [0.2, 0.25) is 0 Å². The second-order valence-electron chi connectivity index (χ2n) is 4.97. The molecule has 2 rings (SSSR count). The molecular weight excluding hydrogens is 268 g/mol. The average Bonchev–Trinajstić information content (AvgIpc) is 2.86. The molecule has 0 saturated heterocycles. The van der Waals surface area contributed by atoms with Crippen LogP contribution in [-0.2, 0) is 4.79 Å². The van der Waals surface area contributed by atoms with Crippen LogP contribution in [0.15, 0.2) is 36.5 Å². The summed E-state index contributed by atoms with van der Waals surface area (Å²) in [6, 6.07) is 8.68. The molecule has 2 amide bonds. The first-order valence-electron chi connectivity index (χ1n) is 6.70. The van der Waals surface area contributed by atoms with Crippen LogP contribution < -0.4 is 10.6 Å². The van der Waals surface area contributed by atoms with Gasteiger partial charge in [-0.3, -0.25) is 9.59 Å². The van der Waals surface area contributed by atoms with Crippen LogP contribution >= 0.6 is 0 Å². The molecule has 0 saturated carbocycles. The molecule has 0 aliphatic carbocycles. The fourth-order valence-corrected chi connectivity index (χ4v) is 1.95. The van der Waals surface area contributed by atoms with Gasteiger partial charge in [-0.25, -0.2) is 4.68 Å². The van der Waals surface area contributed by atoms with Gasteiger partial charge in [-0.15, -0.1) is 0 Å². The van der Waals surface area contributed by atoms with Gasteiger partial charge in [0, 0.05) is 30.3 Å². The Kier molecular flexibility index (Phi) is 4.37. The molecule has 2 N–H and O–H groups in total. The molecule has 1 aromatic carbocycles. The highest BCUT2D eigenvalue weighted by molar-refractivity contribution is 6.04. The maximum absolute atomic E-state index is 12.3. The van der Waals surface area contributed by atoms with Gasteiger partial charge in [-0.2, -0.15) is 5.10 Å². The Hall–Kier alpha value is -2.63. The third-order valence-electron chi connectivity index (χ3n) is 2.85. The minimum atomic E-state index is -0.246. The molecule has 0 atom stereocenters. The number of rotatable bonds is 4. The quantitative estimate of drug-likeness (QED) is 0.907. The second kappa shape index (κ2) is 6.21. The third kappa shape index (κ3) is 3.68. The van der Waals surface area contributed by atoms with E-state index in [4.69, 9.17) is 0 Å². The van der Waals surface area contributed by atoms with Crippen LogP contribution in [0.5, 0.6) is 0 Å². The molecule has 0 aliphatic heterocycles. The number of amides is 2. The van der Waals surface area contributed by atoms with Gasteiger partial charge < -0.3 is 10.6 Å².